The maximum atomic E-state index is 2.70. The average molecular weight is 545 g/mol. The quantitative estimate of drug-likeness (QED) is 0.145. The highest BCUT2D eigenvalue weighted by atomic mass is 14.5. The lowest BCUT2D eigenvalue weighted by atomic mass is 9.68. The van der Waals surface area contributed by atoms with Crippen molar-refractivity contribution in [3.05, 3.63) is 58.7 Å². The zero-order valence-electron chi connectivity index (χ0n) is 27.8. The van der Waals surface area contributed by atoms with Crippen LogP contribution in [0, 0.1) is 0 Å². The van der Waals surface area contributed by atoms with Crippen molar-refractivity contribution in [1.29, 1.82) is 0 Å². The molecule has 0 saturated carbocycles. The Kier molecular flexibility index (Phi) is 13.3. The molecule has 2 aromatic rings. The Balaban J connectivity index is 2.08. The predicted octanol–water partition coefficient (Wildman–Crippen LogP) is 13.4. The highest BCUT2D eigenvalue weighted by Crippen LogP contribution is 2.56. The monoisotopic (exact) mass is 545 g/mol. The summed E-state index contributed by atoms with van der Waals surface area (Å²) in [6.45, 7) is 16.7. The van der Waals surface area contributed by atoms with Gasteiger partial charge in [-0.3, -0.25) is 0 Å². The third-order valence-corrected chi connectivity index (χ3v) is 11.0. The third kappa shape index (κ3) is 7.44. The van der Waals surface area contributed by atoms with E-state index in [1.54, 1.807) is 33.4 Å². The fraction of sp³-hybridized carbons (Fsp3) is 0.700. The van der Waals surface area contributed by atoms with Crippen molar-refractivity contribution in [2.75, 3.05) is 0 Å². The Bertz CT molecular complexity index is 987. The van der Waals surface area contributed by atoms with Crippen molar-refractivity contribution in [1.82, 2.24) is 0 Å². The smallest absolute Gasteiger partial charge is 0.0215 e. The Hall–Kier alpha value is -1.56. The number of benzene rings is 2. The van der Waals surface area contributed by atoms with Gasteiger partial charge in [0.25, 0.3) is 0 Å². The minimum Gasteiger partial charge on any atom is -0.0654 e. The van der Waals surface area contributed by atoms with Gasteiger partial charge in [-0.15, -0.1) is 0 Å². The van der Waals surface area contributed by atoms with Crippen molar-refractivity contribution in [2.45, 2.75) is 181 Å². The molecule has 40 heavy (non-hydrogen) atoms. The first-order valence-corrected chi connectivity index (χ1v) is 17.7. The minimum atomic E-state index is 0.181. The summed E-state index contributed by atoms with van der Waals surface area (Å²) < 4.78 is 0. The fourth-order valence-corrected chi connectivity index (χ4v) is 7.64. The maximum Gasteiger partial charge on any atom is 0.0215 e. The molecule has 0 aromatic heterocycles. The molecular formula is C40H64. The van der Waals surface area contributed by atoms with Crippen LogP contribution in [0.4, 0.5) is 0 Å². The van der Waals surface area contributed by atoms with Crippen LogP contribution in [0.25, 0.3) is 11.1 Å². The van der Waals surface area contributed by atoms with E-state index in [-0.39, 0.29) is 10.8 Å². The first-order valence-electron chi connectivity index (χ1n) is 17.7. The van der Waals surface area contributed by atoms with E-state index in [0.29, 0.717) is 5.92 Å². The molecule has 0 aliphatic heterocycles. The Labute approximate surface area is 250 Å². The molecule has 1 aliphatic carbocycles. The zero-order chi connectivity index (χ0) is 29.0. The van der Waals surface area contributed by atoms with E-state index in [4.69, 9.17) is 0 Å². The highest BCUT2D eigenvalue weighted by molar-refractivity contribution is 5.82. The molecule has 0 nitrogen and oxygen atoms in total. The van der Waals surface area contributed by atoms with Gasteiger partial charge in [0, 0.05) is 5.41 Å². The van der Waals surface area contributed by atoms with E-state index in [0.717, 1.165) is 0 Å². The molecule has 0 heterocycles. The van der Waals surface area contributed by atoms with Crippen LogP contribution in [0.2, 0.25) is 0 Å². The summed E-state index contributed by atoms with van der Waals surface area (Å²) >= 11 is 0. The fourth-order valence-electron chi connectivity index (χ4n) is 7.64. The molecule has 0 bridgehead atoms. The minimum absolute atomic E-state index is 0.181. The van der Waals surface area contributed by atoms with E-state index >= 15 is 0 Å². The Morgan fingerprint density at radius 3 is 1.55 bits per heavy atom. The summed E-state index contributed by atoms with van der Waals surface area (Å²) in [5.74, 6) is 0.675. The lowest BCUT2D eigenvalue weighted by Crippen LogP contribution is -2.27. The lowest BCUT2D eigenvalue weighted by molar-refractivity contribution is 0.394. The summed E-state index contributed by atoms with van der Waals surface area (Å²) in [5, 5.41) is 0. The normalized spacial score (nSPS) is 14.1. The summed E-state index contributed by atoms with van der Waals surface area (Å²) in [4.78, 5) is 0. The van der Waals surface area contributed by atoms with Crippen molar-refractivity contribution in [2.24, 2.45) is 0 Å². The molecule has 0 amide bonds. The van der Waals surface area contributed by atoms with Gasteiger partial charge in [-0.25, -0.2) is 0 Å². The number of rotatable bonds is 20. The molecule has 0 spiro atoms. The number of hydrogen-bond acceptors (Lipinski definition) is 0. The van der Waals surface area contributed by atoms with Crippen molar-refractivity contribution >= 4 is 0 Å². The van der Waals surface area contributed by atoms with Gasteiger partial charge in [-0.05, 0) is 83.2 Å². The summed E-state index contributed by atoms with van der Waals surface area (Å²) in [7, 11) is 0. The van der Waals surface area contributed by atoms with Gasteiger partial charge in [0.1, 0.15) is 0 Å². The van der Waals surface area contributed by atoms with Crippen LogP contribution < -0.4 is 0 Å². The lowest BCUT2D eigenvalue weighted by Gasteiger charge is -2.35. The second-order valence-corrected chi connectivity index (χ2v) is 13.5. The third-order valence-electron chi connectivity index (χ3n) is 11.0. The van der Waals surface area contributed by atoms with E-state index in [1.165, 1.54) is 116 Å². The molecular weight excluding hydrogens is 480 g/mol. The van der Waals surface area contributed by atoms with Gasteiger partial charge >= 0.3 is 0 Å². The average Bonchev–Trinajstić information content (AvgIpc) is 3.25. The Morgan fingerprint density at radius 1 is 0.575 bits per heavy atom. The van der Waals surface area contributed by atoms with Gasteiger partial charge in [0.2, 0.25) is 0 Å². The molecule has 0 N–H and O–H groups in total. The maximum absolute atomic E-state index is 2.70. The molecule has 0 heteroatoms. The van der Waals surface area contributed by atoms with Gasteiger partial charge in [0.15, 0.2) is 0 Å². The number of hydrogen-bond donors (Lipinski definition) is 0. The van der Waals surface area contributed by atoms with Crippen LogP contribution in [0.3, 0.4) is 0 Å². The van der Waals surface area contributed by atoms with Crippen LogP contribution in [0.5, 0.6) is 0 Å². The van der Waals surface area contributed by atoms with Crippen molar-refractivity contribution < 1.29 is 0 Å². The first kappa shape index (κ1) is 32.9. The number of fused-ring (bicyclic) bond motifs is 3. The molecule has 0 unspecified atom stereocenters. The van der Waals surface area contributed by atoms with E-state index in [1.807, 2.05) is 0 Å². The SMILES string of the molecule is CCCCCCCCC1(CCCCCCCC)c2cc(C(CC)CC)ccc2-c2ccc(C(C)(CC)CC)cc21. The van der Waals surface area contributed by atoms with Crippen LogP contribution in [0.15, 0.2) is 36.4 Å². The predicted molar refractivity (Wildman–Crippen MR) is 180 cm³/mol. The topological polar surface area (TPSA) is 0 Å². The molecule has 0 atom stereocenters. The van der Waals surface area contributed by atoms with Crippen molar-refractivity contribution in [3.8, 4) is 11.1 Å². The second-order valence-electron chi connectivity index (χ2n) is 13.5. The first-order chi connectivity index (χ1) is 19.4. The summed E-state index contributed by atoms with van der Waals surface area (Å²) in [5.41, 5.74) is 10.0. The van der Waals surface area contributed by atoms with Gasteiger partial charge in [-0.2, -0.15) is 0 Å². The largest absolute Gasteiger partial charge is 0.0654 e. The number of unbranched alkanes of at least 4 members (excludes halogenated alkanes) is 10. The Morgan fingerprint density at radius 2 is 1.05 bits per heavy atom. The van der Waals surface area contributed by atoms with Crippen LogP contribution >= 0.6 is 0 Å². The molecule has 0 radical (unpaired) electrons. The highest BCUT2D eigenvalue weighted by Gasteiger charge is 2.43. The van der Waals surface area contributed by atoms with Crippen LogP contribution in [-0.4, -0.2) is 0 Å². The molecule has 1 aliphatic rings. The standard InChI is InChI=1S/C40H64/c1-8-14-16-18-20-22-28-40(29-23-21-19-17-15-9-2)37-30-33(32(10-3)11-4)24-26-35(37)36-27-25-34(31-38(36)40)39(7,12-5)13-6/h24-27,30-32H,8-23,28-29H2,1-7H3. The molecule has 3 rings (SSSR count). The van der Waals surface area contributed by atoms with E-state index in [9.17, 15) is 0 Å². The van der Waals surface area contributed by atoms with E-state index < -0.39 is 0 Å². The molecule has 0 saturated heterocycles. The molecule has 224 valence electrons. The van der Waals surface area contributed by atoms with Crippen LogP contribution in [0.1, 0.15) is 192 Å². The van der Waals surface area contributed by atoms with Crippen LogP contribution in [-0.2, 0) is 10.8 Å². The van der Waals surface area contributed by atoms with E-state index in [2.05, 4.69) is 84.9 Å². The second kappa shape index (κ2) is 16.2. The van der Waals surface area contributed by atoms with Crippen molar-refractivity contribution in [3.63, 3.8) is 0 Å². The van der Waals surface area contributed by atoms with Gasteiger partial charge in [-0.1, -0.05) is 162 Å². The van der Waals surface area contributed by atoms with Gasteiger partial charge < -0.3 is 0 Å². The summed E-state index contributed by atoms with van der Waals surface area (Å²) in [6.07, 6.45) is 24.1. The molecule has 2 aromatic carbocycles. The zero-order valence-corrected chi connectivity index (χ0v) is 27.8. The summed E-state index contributed by atoms with van der Waals surface area (Å²) in [6, 6.07) is 15.4. The van der Waals surface area contributed by atoms with Gasteiger partial charge in [0.05, 0.1) is 0 Å². The molecule has 0 fully saturated rings.